The third-order valence-corrected chi connectivity index (χ3v) is 6.39. The summed E-state index contributed by atoms with van der Waals surface area (Å²) in [5, 5.41) is 2.45. The smallest absolute Gasteiger partial charge is 0.324 e. The minimum absolute atomic E-state index is 0.0271. The first-order chi connectivity index (χ1) is 13.7. The van der Waals surface area contributed by atoms with Crippen LogP contribution in [0.25, 0.3) is 0 Å². The fourth-order valence-corrected chi connectivity index (χ4v) is 4.60. The van der Waals surface area contributed by atoms with E-state index in [-0.39, 0.29) is 37.4 Å². The van der Waals surface area contributed by atoms with E-state index >= 15 is 0 Å². The monoisotopic (exact) mass is 430 g/mol. The highest BCUT2D eigenvalue weighted by atomic mass is 32.2. The molecule has 0 bridgehead atoms. The maximum absolute atomic E-state index is 13.7. The molecule has 2 heterocycles. The summed E-state index contributed by atoms with van der Waals surface area (Å²) in [5.41, 5.74) is 0. The Morgan fingerprint density at radius 2 is 1.79 bits per heavy atom. The number of hydrogen-bond donors (Lipinski definition) is 2. The molecule has 0 aromatic heterocycles. The summed E-state index contributed by atoms with van der Waals surface area (Å²) in [6.07, 6.45) is 0.664. The molecule has 0 saturated carbocycles. The van der Waals surface area contributed by atoms with E-state index in [9.17, 15) is 31.6 Å². The number of benzene rings is 1. The Labute approximate surface area is 166 Å². The summed E-state index contributed by atoms with van der Waals surface area (Å²) < 4.78 is 53.5. The molecule has 0 spiro atoms. The predicted octanol–water partition coefficient (Wildman–Crippen LogP) is 0.176. The fourth-order valence-electron chi connectivity index (χ4n) is 3.44. The zero-order valence-electron chi connectivity index (χ0n) is 15.4. The molecule has 158 valence electrons. The lowest BCUT2D eigenvalue weighted by Crippen LogP contribution is -2.49. The largest absolute Gasteiger partial charge is 0.343 e. The van der Waals surface area contributed by atoms with E-state index < -0.39 is 32.6 Å². The average Bonchev–Trinajstić information content (AvgIpc) is 2.99. The minimum atomic E-state index is -4.44. The number of nitrogens with zero attached hydrogens (tertiary/aromatic N) is 2. The Morgan fingerprint density at radius 3 is 2.34 bits per heavy atom. The second kappa shape index (κ2) is 8.41. The zero-order valence-corrected chi connectivity index (χ0v) is 16.2. The summed E-state index contributed by atoms with van der Waals surface area (Å²) in [5.74, 6) is -3.07. The topological polar surface area (TPSA) is 116 Å². The molecule has 2 aliphatic rings. The lowest BCUT2D eigenvalue weighted by molar-refractivity contribution is -0.133. The molecule has 9 nitrogen and oxygen atoms in total. The predicted molar refractivity (Wildman–Crippen MR) is 96.0 cm³/mol. The second-order valence-corrected chi connectivity index (χ2v) is 8.44. The van der Waals surface area contributed by atoms with E-state index in [1.165, 1.54) is 9.80 Å². The molecule has 0 atom stereocenters. The van der Waals surface area contributed by atoms with Crippen molar-refractivity contribution in [3.05, 3.63) is 29.8 Å². The molecule has 29 heavy (non-hydrogen) atoms. The first-order valence-electron chi connectivity index (χ1n) is 9.02. The number of likely N-dealkylation sites (tertiary alicyclic amines) is 1. The van der Waals surface area contributed by atoms with Gasteiger partial charge in [0.1, 0.15) is 11.6 Å². The van der Waals surface area contributed by atoms with Gasteiger partial charge in [0.2, 0.25) is 21.8 Å². The van der Waals surface area contributed by atoms with E-state index in [4.69, 9.17) is 0 Å². The summed E-state index contributed by atoms with van der Waals surface area (Å²) in [6.45, 7) is 0.285. The third-order valence-electron chi connectivity index (χ3n) is 4.88. The molecule has 0 unspecified atom stereocenters. The summed E-state index contributed by atoms with van der Waals surface area (Å²) >= 11 is 0. The van der Waals surface area contributed by atoms with Crippen molar-refractivity contribution in [1.29, 1.82) is 0 Å². The van der Waals surface area contributed by atoms with Crippen LogP contribution >= 0.6 is 0 Å². The molecule has 12 heteroatoms. The van der Waals surface area contributed by atoms with Crippen molar-refractivity contribution in [3.8, 4) is 0 Å². The van der Waals surface area contributed by atoms with E-state index in [2.05, 4.69) is 5.32 Å². The Balaban J connectivity index is 1.49. The Hall–Kier alpha value is -2.60. The van der Waals surface area contributed by atoms with Crippen LogP contribution < -0.4 is 10.0 Å². The minimum Gasteiger partial charge on any atom is -0.343 e. The number of rotatable bonds is 6. The van der Waals surface area contributed by atoms with Crippen LogP contribution in [0.2, 0.25) is 0 Å². The number of carbonyl (C=O) groups excluding carboxylic acids is 3. The third kappa shape index (κ3) is 4.53. The molecule has 2 N–H and O–H groups in total. The van der Waals surface area contributed by atoms with Crippen LogP contribution in [0.1, 0.15) is 19.3 Å². The molecule has 2 aliphatic heterocycles. The lowest BCUT2D eigenvalue weighted by Gasteiger charge is -2.35. The Morgan fingerprint density at radius 1 is 1.17 bits per heavy atom. The molecule has 2 fully saturated rings. The van der Waals surface area contributed by atoms with Crippen molar-refractivity contribution < 1.29 is 31.6 Å². The Kier molecular flexibility index (Phi) is 6.13. The number of urea groups is 1. The van der Waals surface area contributed by atoms with Gasteiger partial charge in [0, 0.05) is 32.1 Å². The molecule has 2 saturated heterocycles. The van der Waals surface area contributed by atoms with Gasteiger partial charge in [0.15, 0.2) is 4.90 Å². The summed E-state index contributed by atoms with van der Waals surface area (Å²) in [4.78, 5) is 37.3. The number of hydrogen-bond acceptors (Lipinski definition) is 5. The number of amides is 4. The van der Waals surface area contributed by atoms with Crippen LogP contribution in [0.5, 0.6) is 0 Å². The molecular formula is C17H20F2N4O5S. The maximum Gasteiger partial charge on any atom is 0.324 e. The molecule has 1 aromatic carbocycles. The van der Waals surface area contributed by atoms with Crippen LogP contribution in [-0.4, -0.2) is 68.3 Å². The van der Waals surface area contributed by atoms with Gasteiger partial charge in [0.25, 0.3) is 0 Å². The van der Waals surface area contributed by atoms with Crippen LogP contribution in [0, 0.1) is 11.6 Å². The van der Waals surface area contributed by atoms with E-state index in [0.717, 1.165) is 18.2 Å². The van der Waals surface area contributed by atoms with Crippen molar-refractivity contribution in [1.82, 2.24) is 19.8 Å². The van der Waals surface area contributed by atoms with Gasteiger partial charge in [-0.3, -0.25) is 14.5 Å². The van der Waals surface area contributed by atoms with Crippen molar-refractivity contribution >= 4 is 27.9 Å². The summed E-state index contributed by atoms with van der Waals surface area (Å²) in [6, 6.07) is 2.00. The molecule has 0 aliphatic carbocycles. The first kappa shape index (κ1) is 21.1. The standard InChI is InChI=1S/C17H20F2N4O5S/c18-12-2-1-3-13(19)16(12)29(27,28)21-7-4-14(24)22-8-5-11(6-9-22)23-15(25)10-20-17(23)26/h1-3,11,21H,4-10H2,(H,20,26). The highest BCUT2D eigenvalue weighted by molar-refractivity contribution is 7.89. The number of imide groups is 1. The number of halogens is 2. The fraction of sp³-hybridized carbons (Fsp3) is 0.471. The van der Waals surface area contributed by atoms with Crippen molar-refractivity contribution in [3.63, 3.8) is 0 Å². The number of piperidine rings is 1. The molecular weight excluding hydrogens is 410 g/mol. The molecule has 1 aromatic rings. The van der Waals surface area contributed by atoms with Gasteiger partial charge in [-0.25, -0.2) is 26.7 Å². The van der Waals surface area contributed by atoms with Crippen LogP contribution in [0.4, 0.5) is 13.6 Å². The number of carbonyl (C=O) groups is 3. The van der Waals surface area contributed by atoms with Gasteiger partial charge in [-0.05, 0) is 25.0 Å². The van der Waals surface area contributed by atoms with Gasteiger partial charge < -0.3 is 10.2 Å². The highest BCUT2D eigenvalue weighted by Crippen LogP contribution is 2.20. The quantitative estimate of drug-likeness (QED) is 0.625. The molecule has 4 amide bonds. The first-order valence-corrected chi connectivity index (χ1v) is 10.5. The zero-order chi connectivity index (χ0) is 21.2. The second-order valence-electron chi connectivity index (χ2n) is 6.73. The molecule has 3 rings (SSSR count). The van der Waals surface area contributed by atoms with Crippen LogP contribution in [-0.2, 0) is 19.6 Å². The van der Waals surface area contributed by atoms with Gasteiger partial charge in [-0.2, -0.15) is 0 Å². The highest BCUT2D eigenvalue weighted by Gasteiger charge is 2.37. The molecule has 0 radical (unpaired) electrons. The van der Waals surface area contributed by atoms with Crippen molar-refractivity contribution in [2.75, 3.05) is 26.2 Å². The van der Waals surface area contributed by atoms with Gasteiger partial charge >= 0.3 is 6.03 Å². The van der Waals surface area contributed by atoms with E-state index in [0.29, 0.717) is 25.9 Å². The van der Waals surface area contributed by atoms with Crippen molar-refractivity contribution in [2.24, 2.45) is 0 Å². The van der Waals surface area contributed by atoms with E-state index in [1.807, 2.05) is 4.72 Å². The maximum atomic E-state index is 13.7. The average molecular weight is 430 g/mol. The summed E-state index contributed by atoms with van der Waals surface area (Å²) in [7, 11) is -4.44. The van der Waals surface area contributed by atoms with E-state index in [1.54, 1.807) is 0 Å². The van der Waals surface area contributed by atoms with Crippen LogP contribution in [0.3, 0.4) is 0 Å². The number of sulfonamides is 1. The normalized spacial score (nSPS) is 18.3. The number of nitrogens with one attached hydrogen (secondary N) is 2. The van der Waals surface area contributed by atoms with Crippen LogP contribution in [0.15, 0.2) is 23.1 Å². The van der Waals surface area contributed by atoms with Crippen molar-refractivity contribution in [2.45, 2.75) is 30.2 Å². The van der Waals surface area contributed by atoms with Gasteiger partial charge in [-0.1, -0.05) is 6.07 Å². The van der Waals surface area contributed by atoms with Gasteiger partial charge in [0.05, 0.1) is 6.54 Å². The SMILES string of the molecule is O=C(CCNS(=O)(=O)c1c(F)cccc1F)N1CCC(N2C(=O)CNC2=O)CC1. The van der Waals surface area contributed by atoms with Gasteiger partial charge in [-0.15, -0.1) is 0 Å². The lowest BCUT2D eigenvalue weighted by atomic mass is 10.0. The Bertz CT molecular complexity index is 896.